The molecule has 1 atom stereocenters. The summed E-state index contributed by atoms with van der Waals surface area (Å²) < 4.78 is 13.1. The van der Waals surface area contributed by atoms with Crippen molar-refractivity contribution < 1.29 is 9.47 Å². The molecule has 3 nitrogen and oxygen atoms in total. The molecule has 0 saturated carbocycles. The molecule has 0 aliphatic heterocycles. The molecule has 2 aromatic rings. The van der Waals surface area contributed by atoms with Crippen LogP contribution in [0.4, 0.5) is 0 Å². The molecule has 0 aliphatic rings. The molecule has 2 rings (SSSR count). The maximum absolute atomic E-state index is 5.63. The third-order valence-corrected chi connectivity index (χ3v) is 4.87. The minimum atomic E-state index is 0.238. The molecule has 0 bridgehead atoms. The summed E-state index contributed by atoms with van der Waals surface area (Å²) in [6.45, 7) is 5.46. The minimum absolute atomic E-state index is 0.238. The van der Waals surface area contributed by atoms with E-state index in [9.17, 15) is 0 Å². The van der Waals surface area contributed by atoms with Crippen LogP contribution < -0.4 is 14.8 Å². The van der Waals surface area contributed by atoms with E-state index in [1.165, 1.54) is 5.56 Å². The average Bonchev–Trinajstić information content (AvgIpc) is 2.55. The Morgan fingerprint density at radius 1 is 1.13 bits per heavy atom. The average molecular weight is 443 g/mol. The molecule has 0 radical (unpaired) electrons. The molecule has 1 unspecified atom stereocenters. The van der Waals surface area contributed by atoms with Gasteiger partial charge in [0.1, 0.15) is 0 Å². The van der Waals surface area contributed by atoms with E-state index < -0.39 is 0 Å². The predicted molar refractivity (Wildman–Crippen MR) is 101 cm³/mol. The zero-order valence-electron chi connectivity index (χ0n) is 13.5. The van der Waals surface area contributed by atoms with Gasteiger partial charge >= 0.3 is 0 Å². The standard InChI is InChI=1S/C18H21Br2NO2/c1-4-23-18-16(20)9-13(10-17(18)22-3)11-21-12(2)14-7-5-6-8-15(14)19/h5-10,12,21H,4,11H2,1-3H3. The van der Waals surface area contributed by atoms with E-state index in [1.807, 2.05) is 19.1 Å². The lowest BCUT2D eigenvalue weighted by molar-refractivity contribution is 0.308. The van der Waals surface area contributed by atoms with E-state index in [-0.39, 0.29) is 6.04 Å². The SMILES string of the molecule is CCOc1c(Br)cc(CNC(C)c2ccccc2Br)cc1OC. The van der Waals surface area contributed by atoms with Crippen molar-refractivity contribution in [2.24, 2.45) is 0 Å². The molecule has 0 aromatic heterocycles. The van der Waals surface area contributed by atoms with Gasteiger partial charge in [-0.1, -0.05) is 34.1 Å². The smallest absolute Gasteiger partial charge is 0.175 e. The van der Waals surface area contributed by atoms with Crippen molar-refractivity contribution in [1.29, 1.82) is 0 Å². The van der Waals surface area contributed by atoms with Gasteiger partial charge in [0.2, 0.25) is 0 Å². The first-order chi connectivity index (χ1) is 11.1. The number of benzene rings is 2. The molecule has 1 N–H and O–H groups in total. The summed E-state index contributed by atoms with van der Waals surface area (Å²) in [7, 11) is 1.66. The Morgan fingerprint density at radius 3 is 2.52 bits per heavy atom. The zero-order valence-corrected chi connectivity index (χ0v) is 16.7. The van der Waals surface area contributed by atoms with Crippen molar-refractivity contribution in [1.82, 2.24) is 5.32 Å². The van der Waals surface area contributed by atoms with E-state index in [4.69, 9.17) is 9.47 Å². The van der Waals surface area contributed by atoms with Gasteiger partial charge in [-0.2, -0.15) is 0 Å². The highest BCUT2D eigenvalue weighted by Crippen LogP contribution is 2.36. The molecule has 0 heterocycles. The normalized spacial score (nSPS) is 12.0. The first kappa shape index (κ1) is 18.3. The van der Waals surface area contributed by atoms with Gasteiger partial charge in [0.05, 0.1) is 18.2 Å². The maximum Gasteiger partial charge on any atom is 0.175 e. The summed E-state index contributed by atoms with van der Waals surface area (Å²) in [6.07, 6.45) is 0. The number of hydrogen-bond donors (Lipinski definition) is 1. The van der Waals surface area contributed by atoms with Gasteiger partial charge < -0.3 is 14.8 Å². The molecular formula is C18H21Br2NO2. The van der Waals surface area contributed by atoms with Gasteiger partial charge in [0.25, 0.3) is 0 Å². The fraction of sp³-hybridized carbons (Fsp3) is 0.333. The van der Waals surface area contributed by atoms with Crippen LogP contribution in [-0.4, -0.2) is 13.7 Å². The van der Waals surface area contributed by atoms with Crippen LogP contribution in [0.3, 0.4) is 0 Å². The molecule has 2 aromatic carbocycles. The van der Waals surface area contributed by atoms with Crippen LogP contribution in [0.15, 0.2) is 45.3 Å². The minimum Gasteiger partial charge on any atom is -0.493 e. The first-order valence-corrected chi connectivity index (χ1v) is 9.12. The Labute approximate surface area is 154 Å². The van der Waals surface area contributed by atoms with Gasteiger partial charge in [-0.15, -0.1) is 0 Å². The number of rotatable bonds is 7. The van der Waals surface area contributed by atoms with Crippen LogP contribution in [0.5, 0.6) is 11.5 Å². The number of methoxy groups -OCH3 is 1. The molecule has 0 fully saturated rings. The van der Waals surface area contributed by atoms with Gasteiger partial charge in [-0.05, 0) is 59.1 Å². The van der Waals surface area contributed by atoms with Crippen LogP contribution in [0.25, 0.3) is 0 Å². The van der Waals surface area contributed by atoms with Crippen LogP contribution >= 0.6 is 31.9 Å². The molecule has 0 amide bonds. The Hall–Kier alpha value is -1.04. The van der Waals surface area contributed by atoms with Gasteiger partial charge in [-0.3, -0.25) is 0 Å². The largest absolute Gasteiger partial charge is 0.493 e. The fourth-order valence-electron chi connectivity index (χ4n) is 2.37. The lowest BCUT2D eigenvalue weighted by Crippen LogP contribution is -2.18. The van der Waals surface area contributed by atoms with Crippen molar-refractivity contribution in [3.63, 3.8) is 0 Å². The number of halogens is 2. The Bertz CT molecular complexity index is 661. The summed E-state index contributed by atoms with van der Waals surface area (Å²) in [5.41, 5.74) is 2.38. The van der Waals surface area contributed by atoms with Crippen LogP contribution in [0, 0.1) is 0 Å². The van der Waals surface area contributed by atoms with E-state index in [0.29, 0.717) is 6.61 Å². The quantitative estimate of drug-likeness (QED) is 0.616. The number of nitrogens with one attached hydrogen (secondary N) is 1. The maximum atomic E-state index is 5.63. The highest BCUT2D eigenvalue weighted by molar-refractivity contribution is 9.10. The first-order valence-electron chi connectivity index (χ1n) is 7.53. The summed E-state index contributed by atoms with van der Waals surface area (Å²) in [5.74, 6) is 1.49. The monoisotopic (exact) mass is 441 g/mol. The van der Waals surface area contributed by atoms with Crippen LogP contribution in [0.1, 0.15) is 31.0 Å². The Balaban J connectivity index is 2.11. The third kappa shape index (κ3) is 4.72. The predicted octanol–water partition coefficient (Wildman–Crippen LogP) is 5.47. The van der Waals surface area contributed by atoms with E-state index in [0.717, 1.165) is 32.6 Å². The van der Waals surface area contributed by atoms with Gasteiger partial charge in [-0.25, -0.2) is 0 Å². The molecule has 23 heavy (non-hydrogen) atoms. The third-order valence-electron chi connectivity index (χ3n) is 3.56. The molecule has 5 heteroatoms. The van der Waals surface area contributed by atoms with Crippen molar-refractivity contribution in [3.05, 3.63) is 56.5 Å². The molecule has 0 spiro atoms. The summed E-state index contributed by atoms with van der Waals surface area (Å²) in [4.78, 5) is 0. The second-order valence-corrected chi connectivity index (χ2v) is 6.87. The Morgan fingerprint density at radius 2 is 1.87 bits per heavy atom. The van der Waals surface area contributed by atoms with Crippen molar-refractivity contribution in [2.75, 3.05) is 13.7 Å². The van der Waals surface area contributed by atoms with Crippen molar-refractivity contribution in [3.8, 4) is 11.5 Å². The second-order valence-electron chi connectivity index (χ2n) is 5.17. The molecule has 0 aliphatic carbocycles. The topological polar surface area (TPSA) is 30.5 Å². The van der Waals surface area contributed by atoms with Crippen molar-refractivity contribution >= 4 is 31.9 Å². The number of ether oxygens (including phenoxy) is 2. The van der Waals surface area contributed by atoms with E-state index in [2.05, 4.69) is 68.4 Å². The molecular weight excluding hydrogens is 422 g/mol. The van der Waals surface area contributed by atoms with Crippen LogP contribution in [-0.2, 0) is 6.54 Å². The van der Waals surface area contributed by atoms with Gasteiger partial charge in [0, 0.05) is 17.1 Å². The lowest BCUT2D eigenvalue weighted by atomic mass is 10.1. The summed E-state index contributed by atoms with van der Waals surface area (Å²) in [5, 5.41) is 3.54. The lowest BCUT2D eigenvalue weighted by Gasteiger charge is -2.17. The highest BCUT2D eigenvalue weighted by Gasteiger charge is 2.13. The fourth-order valence-corrected chi connectivity index (χ4v) is 3.60. The zero-order chi connectivity index (χ0) is 16.8. The second kappa shape index (κ2) is 8.71. The van der Waals surface area contributed by atoms with Gasteiger partial charge in [0.15, 0.2) is 11.5 Å². The highest BCUT2D eigenvalue weighted by atomic mass is 79.9. The van der Waals surface area contributed by atoms with Crippen molar-refractivity contribution in [2.45, 2.75) is 26.4 Å². The molecule has 0 saturated heterocycles. The summed E-state index contributed by atoms with van der Waals surface area (Å²) >= 11 is 7.16. The molecule has 124 valence electrons. The van der Waals surface area contributed by atoms with E-state index in [1.54, 1.807) is 7.11 Å². The van der Waals surface area contributed by atoms with Crippen LogP contribution in [0.2, 0.25) is 0 Å². The Kier molecular flexibility index (Phi) is 6.93. The van der Waals surface area contributed by atoms with E-state index >= 15 is 0 Å². The summed E-state index contributed by atoms with van der Waals surface area (Å²) in [6, 6.07) is 12.6. The number of hydrogen-bond acceptors (Lipinski definition) is 3.